The first-order valence-electron chi connectivity index (χ1n) is 6.66. The number of hydrogen-bond donors (Lipinski definition) is 1. The molecule has 1 N–H and O–H groups in total. The van der Waals surface area contributed by atoms with Crippen molar-refractivity contribution >= 4 is 24.2 Å². The van der Waals surface area contributed by atoms with Gasteiger partial charge < -0.3 is 5.11 Å². The number of carboxylic acids is 1. The Kier molecular flexibility index (Phi) is 6.68. The second kappa shape index (κ2) is 8.02. The van der Waals surface area contributed by atoms with Crippen molar-refractivity contribution in [1.82, 2.24) is 4.90 Å². The lowest BCUT2D eigenvalue weighted by molar-refractivity contribution is -0.137. The zero-order chi connectivity index (χ0) is 13.7. The highest BCUT2D eigenvalue weighted by Crippen LogP contribution is 2.20. The summed E-state index contributed by atoms with van der Waals surface area (Å²) in [5.74, 6) is -0.703. The van der Waals surface area contributed by atoms with Gasteiger partial charge >= 0.3 is 5.97 Å². The molecule has 0 aliphatic carbocycles. The molecule has 1 aromatic carbocycles. The van der Waals surface area contributed by atoms with Crippen LogP contribution in [0.15, 0.2) is 30.3 Å². The second-order valence-corrected chi connectivity index (χ2v) is 5.08. The Hall–Kier alpha value is -1.39. The first kappa shape index (κ1) is 16.7. The number of carboxylic acid groups (broad SMARTS) is 1. The largest absolute Gasteiger partial charge is 0.481 e. The quantitative estimate of drug-likeness (QED) is 0.906. The van der Waals surface area contributed by atoms with E-state index >= 15 is 0 Å². The zero-order valence-electron chi connectivity index (χ0n) is 11.3. The Labute approximate surface area is 125 Å². The fourth-order valence-corrected chi connectivity index (χ4v) is 2.51. The van der Waals surface area contributed by atoms with Crippen LogP contribution in [0.5, 0.6) is 0 Å². The highest BCUT2D eigenvalue weighted by Gasteiger charge is 2.27. The van der Waals surface area contributed by atoms with Crippen molar-refractivity contribution < 1.29 is 14.7 Å². The summed E-state index contributed by atoms with van der Waals surface area (Å²) in [6.07, 6.45) is 1.35. The molecule has 1 heterocycles. The van der Waals surface area contributed by atoms with Gasteiger partial charge in [0.2, 0.25) is 0 Å². The van der Waals surface area contributed by atoms with Gasteiger partial charge in [-0.25, -0.2) is 0 Å². The molecule has 5 heteroatoms. The van der Waals surface area contributed by atoms with Crippen LogP contribution in [0, 0.1) is 5.92 Å². The van der Waals surface area contributed by atoms with Gasteiger partial charge in [0.25, 0.3) is 0 Å². The Morgan fingerprint density at radius 1 is 1.30 bits per heavy atom. The van der Waals surface area contributed by atoms with Crippen LogP contribution in [-0.4, -0.2) is 34.8 Å². The molecule has 0 amide bonds. The number of ketones is 1. The number of nitrogens with zero attached hydrogens (tertiary/aromatic N) is 1. The summed E-state index contributed by atoms with van der Waals surface area (Å²) in [5, 5.41) is 8.66. The number of aliphatic carboxylic acids is 1. The molecular weight excluding hydrogens is 278 g/mol. The summed E-state index contributed by atoms with van der Waals surface area (Å²) in [5.41, 5.74) is 1.21. The highest BCUT2D eigenvalue weighted by molar-refractivity contribution is 5.85. The summed E-state index contributed by atoms with van der Waals surface area (Å²) in [6.45, 7) is 2.10. The fourth-order valence-electron chi connectivity index (χ4n) is 2.51. The molecule has 0 aromatic heterocycles. The van der Waals surface area contributed by atoms with Crippen molar-refractivity contribution in [2.24, 2.45) is 5.92 Å². The zero-order valence-corrected chi connectivity index (χ0v) is 12.1. The van der Waals surface area contributed by atoms with E-state index in [4.69, 9.17) is 5.11 Å². The molecule has 4 nitrogen and oxygen atoms in total. The predicted octanol–water partition coefficient (Wildman–Crippen LogP) is 2.36. The smallest absolute Gasteiger partial charge is 0.303 e. The van der Waals surface area contributed by atoms with Gasteiger partial charge in [-0.2, -0.15) is 0 Å². The molecule has 0 spiro atoms. The molecular formula is C15H20ClNO3. The van der Waals surface area contributed by atoms with Crippen LogP contribution >= 0.6 is 12.4 Å². The number of Topliss-reactive ketones (excluding diaryl/α,β-unsaturated/α-hetero) is 1. The van der Waals surface area contributed by atoms with Crippen molar-refractivity contribution in [2.45, 2.75) is 25.8 Å². The van der Waals surface area contributed by atoms with E-state index in [1.165, 1.54) is 5.56 Å². The molecule has 110 valence electrons. The molecule has 1 aliphatic rings. The molecule has 1 atom stereocenters. The fraction of sp³-hybridized carbons (Fsp3) is 0.467. The molecule has 1 unspecified atom stereocenters. The third-order valence-electron chi connectivity index (χ3n) is 3.58. The van der Waals surface area contributed by atoms with Gasteiger partial charge in [-0.3, -0.25) is 14.5 Å². The highest BCUT2D eigenvalue weighted by atomic mass is 35.5. The predicted molar refractivity (Wildman–Crippen MR) is 79.0 cm³/mol. The number of halogens is 1. The monoisotopic (exact) mass is 297 g/mol. The van der Waals surface area contributed by atoms with Gasteiger partial charge in [0.15, 0.2) is 0 Å². The Bertz CT molecular complexity index is 450. The normalized spacial score (nSPS) is 19.4. The molecule has 20 heavy (non-hydrogen) atoms. The first-order chi connectivity index (χ1) is 9.15. The lowest BCUT2D eigenvalue weighted by Crippen LogP contribution is -2.40. The standard InChI is InChI=1S/C15H19NO3.ClH/c17-14-11-16(10-12-4-2-1-3-5-12)9-8-13(14)6-7-15(18)19;/h1-5,13H,6-11H2,(H,18,19);1H. The molecule has 1 saturated heterocycles. The SMILES string of the molecule is Cl.O=C(O)CCC1CCN(Cc2ccccc2)CC1=O. The molecule has 1 aromatic rings. The number of carbonyl (C=O) groups is 2. The van der Waals surface area contributed by atoms with Crippen molar-refractivity contribution in [1.29, 1.82) is 0 Å². The maximum Gasteiger partial charge on any atom is 0.303 e. The van der Waals surface area contributed by atoms with E-state index in [0.717, 1.165) is 19.5 Å². The minimum Gasteiger partial charge on any atom is -0.481 e. The molecule has 1 fully saturated rings. The number of hydrogen-bond acceptors (Lipinski definition) is 3. The summed E-state index contributed by atoms with van der Waals surface area (Å²) in [7, 11) is 0. The maximum atomic E-state index is 12.0. The molecule has 0 radical (unpaired) electrons. The maximum absolute atomic E-state index is 12.0. The summed E-state index contributed by atoms with van der Waals surface area (Å²) in [4.78, 5) is 24.6. The average molecular weight is 298 g/mol. The van der Waals surface area contributed by atoms with Gasteiger partial charge in [-0.05, 0) is 24.9 Å². The van der Waals surface area contributed by atoms with Crippen LogP contribution in [0.2, 0.25) is 0 Å². The van der Waals surface area contributed by atoms with E-state index < -0.39 is 5.97 Å². The molecule has 1 aliphatic heterocycles. The topological polar surface area (TPSA) is 57.6 Å². The van der Waals surface area contributed by atoms with E-state index in [1.54, 1.807) is 0 Å². The third kappa shape index (κ3) is 4.94. The van der Waals surface area contributed by atoms with Gasteiger partial charge in [0.1, 0.15) is 5.78 Å². The van der Waals surface area contributed by atoms with Crippen molar-refractivity contribution in [3.05, 3.63) is 35.9 Å². The number of benzene rings is 1. The van der Waals surface area contributed by atoms with E-state index in [1.807, 2.05) is 18.2 Å². The lowest BCUT2D eigenvalue weighted by Gasteiger charge is -2.30. The average Bonchev–Trinajstić information content (AvgIpc) is 2.39. The van der Waals surface area contributed by atoms with Crippen molar-refractivity contribution in [3.8, 4) is 0 Å². The first-order valence-corrected chi connectivity index (χ1v) is 6.66. The van der Waals surface area contributed by atoms with Gasteiger partial charge in [0, 0.05) is 18.9 Å². The minimum absolute atomic E-state index is 0. The van der Waals surface area contributed by atoms with Crippen LogP contribution in [0.25, 0.3) is 0 Å². The van der Waals surface area contributed by atoms with Gasteiger partial charge in [-0.15, -0.1) is 12.4 Å². The molecule has 2 rings (SSSR count). The minimum atomic E-state index is -0.820. The van der Waals surface area contributed by atoms with Gasteiger partial charge in [-0.1, -0.05) is 30.3 Å². The van der Waals surface area contributed by atoms with E-state index in [-0.39, 0.29) is 30.5 Å². The third-order valence-corrected chi connectivity index (χ3v) is 3.58. The Balaban J connectivity index is 0.00000200. The summed E-state index contributed by atoms with van der Waals surface area (Å²) < 4.78 is 0. The number of rotatable bonds is 5. The van der Waals surface area contributed by atoms with Gasteiger partial charge in [0.05, 0.1) is 6.54 Å². The van der Waals surface area contributed by atoms with Crippen LogP contribution in [-0.2, 0) is 16.1 Å². The van der Waals surface area contributed by atoms with Crippen LogP contribution in [0.1, 0.15) is 24.8 Å². The number of piperidine rings is 1. The van der Waals surface area contributed by atoms with E-state index in [0.29, 0.717) is 13.0 Å². The lowest BCUT2D eigenvalue weighted by atomic mass is 9.91. The summed E-state index contributed by atoms with van der Waals surface area (Å²) in [6, 6.07) is 10.1. The van der Waals surface area contributed by atoms with E-state index in [9.17, 15) is 9.59 Å². The summed E-state index contributed by atoms with van der Waals surface area (Å²) >= 11 is 0. The number of likely N-dealkylation sites (tertiary alicyclic amines) is 1. The number of carbonyl (C=O) groups excluding carboxylic acids is 1. The molecule has 0 saturated carbocycles. The van der Waals surface area contributed by atoms with Crippen LogP contribution in [0.4, 0.5) is 0 Å². The van der Waals surface area contributed by atoms with Crippen LogP contribution < -0.4 is 0 Å². The van der Waals surface area contributed by atoms with E-state index in [2.05, 4.69) is 17.0 Å². The van der Waals surface area contributed by atoms with Crippen molar-refractivity contribution in [2.75, 3.05) is 13.1 Å². The molecule has 0 bridgehead atoms. The van der Waals surface area contributed by atoms with Crippen LogP contribution in [0.3, 0.4) is 0 Å². The second-order valence-electron chi connectivity index (χ2n) is 5.08. The van der Waals surface area contributed by atoms with Crippen molar-refractivity contribution in [3.63, 3.8) is 0 Å². The Morgan fingerprint density at radius 3 is 2.60 bits per heavy atom. The Morgan fingerprint density at radius 2 is 2.00 bits per heavy atom.